The molecule has 0 saturated heterocycles. The van der Waals surface area contributed by atoms with Crippen LogP contribution in [0.1, 0.15) is 0 Å². The van der Waals surface area contributed by atoms with Crippen LogP contribution in [0.3, 0.4) is 0 Å². The van der Waals surface area contributed by atoms with Crippen LogP contribution in [0.15, 0.2) is 170 Å². The van der Waals surface area contributed by atoms with Crippen molar-refractivity contribution in [3.63, 3.8) is 0 Å². The van der Waals surface area contributed by atoms with Crippen LogP contribution in [0.2, 0.25) is 0 Å². The van der Waals surface area contributed by atoms with E-state index < -0.39 is 0 Å². The Bertz CT molecular complexity index is 3010. The first-order valence-corrected chi connectivity index (χ1v) is 17.0. The molecule has 2 aliphatic rings. The van der Waals surface area contributed by atoms with Crippen LogP contribution in [-0.4, -0.2) is 19.1 Å². The summed E-state index contributed by atoms with van der Waals surface area (Å²) in [6.45, 7) is 0. The molecular formula is C46H28N4. The molecule has 50 heavy (non-hydrogen) atoms. The third-order valence-electron chi connectivity index (χ3n) is 10.4. The maximum Gasteiger partial charge on any atom is 0.0645 e. The van der Waals surface area contributed by atoms with Crippen molar-refractivity contribution in [2.75, 3.05) is 0 Å². The summed E-state index contributed by atoms with van der Waals surface area (Å²) in [6, 6.07) is 53.0. The maximum absolute atomic E-state index is 4.61. The Morgan fingerprint density at radius 3 is 1.64 bits per heavy atom. The van der Waals surface area contributed by atoms with Crippen LogP contribution in [0.5, 0.6) is 0 Å². The summed E-state index contributed by atoms with van der Waals surface area (Å²) in [5, 5.41) is 7.39. The van der Waals surface area contributed by atoms with Crippen LogP contribution < -0.4 is 0 Å². The van der Waals surface area contributed by atoms with Gasteiger partial charge in [-0.3, -0.25) is 9.97 Å². The molecule has 0 N–H and O–H groups in total. The predicted molar refractivity (Wildman–Crippen MR) is 207 cm³/mol. The number of fused-ring (bicyclic) bond motifs is 1. The molecule has 0 aliphatic carbocycles. The zero-order valence-electron chi connectivity index (χ0n) is 27.0. The molecule has 4 heterocycles. The van der Waals surface area contributed by atoms with Crippen LogP contribution >= 0.6 is 0 Å². The second kappa shape index (κ2) is 10.4. The number of aromatic nitrogens is 4. The van der Waals surface area contributed by atoms with E-state index in [1.807, 2.05) is 36.9 Å². The van der Waals surface area contributed by atoms with Gasteiger partial charge in [0.25, 0.3) is 0 Å². The number of pyridine rings is 4. The zero-order valence-corrected chi connectivity index (χ0v) is 27.0. The van der Waals surface area contributed by atoms with Crippen molar-refractivity contribution < 1.29 is 0 Å². The highest BCUT2D eigenvalue weighted by Crippen LogP contribution is 2.53. The lowest BCUT2D eigenvalue weighted by atomic mass is 9.82. The van der Waals surface area contributed by atoms with Crippen LogP contribution in [-0.2, 0) is 0 Å². The van der Waals surface area contributed by atoms with Gasteiger partial charge in [-0.15, -0.1) is 0 Å². The first kappa shape index (κ1) is 27.2. The molecule has 232 valence electrons. The van der Waals surface area contributed by atoms with Gasteiger partial charge in [0.1, 0.15) is 0 Å². The third-order valence-corrected chi connectivity index (χ3v) is 10.4. The van der Waals surface area contributed by atoms with Crippen molar-refractivity contribution in [1.29, 1.82) is 0 Å². The summed E-state index contributed by atoms with van der Waals surface area (Å²) in [6.07, 6.45) is 7.64. The molecule has 4 nitrogen and oxygen atoms in total. The average Bonchev–Trinajstić information content (AvgIpc) is 3.19. The molecule has 0 radical (unpaired) electrons. The van der Waals surface area contributed by atoms with E-state index >= 15 is 0 Å². The molecule has 7 aromatic carbocycles. The Morgan fingerprint density at radius 2 is 0.980 bits per heavy atom. The van der Waals surface area contributed by atoms with E-state index in [0.29, 0.717) is 0 Å². The molecule has 0 bridgehead atoms. The highest BCUT2D eigenvalue weighted by Gasteiger charge is 2.29. The summed E-state index contributed by atoms with van der Waals surface area (Å²) in [4.78, 5) is 9.16. The Morgan fingerprint density at radius 1 is 0.380 bits per heavy atom. The topological polar surface area (TPSA) is 35.6 Å². The monoisotopic (exact) mass is 636 g/mol. The molecule has 0 unspecified atom stereocenters. The lowest BCUT2D eigenvalue weighted by Crippen LogP contribution is -2.11. The number of para-hydroxylation sites is 1. The molecule has 11 rings (SSSR count). The molecule has 0 amide bonds. The van der Waals surface area contributed by atoms with E-state index in [1.165, 1.54) is 60.1 Å². The Labute approximate surface area is 287 Å². The minimum atomic E-state index is 1.03. The number of nitrogens with zero attached hydrogens (tertiary/aromatic N) is 4. The largest absolute Gasteiger partial charge is 0.309 e. The van der Waals surface area contributed by atoms with E-state index in [1.54, 1.807) is 0 Å². The second-order valence-electron chi connectivity index (χ2n) is 13.1. The highest BCUT2D eigenvalue weighted by atomic mass is 15.0. The fourth-order valence-corrected chi connectivity index (χ4v) is 8.35. The van der Waals surface area contributed by atoms with Gasteiger partial charge in [-0.1, -0.05) is 84.9 Å². The van der Waals surface area contributed by atoms with Gasteiger partial charge in [-0.05, 0) is 98.9 Å². The van der Waals surface area contributed by atoms with Gasteiger partial charge in [0.15, 0.2) is 0 Å². The number of rotatable bonds is 4. The number of hydrogen-bond acceptors (Lipinski definition) is 2. The molecule has 0 saturated carbocycles. The minimum absolute atomic E-state index is 1.03. The predicted octanol–water partition coefficient (Wildman–Crippen LogP) is 11.7. The first-order chi connectivity index (χ1) is 24.8. The van der Waals surface area contributed by atoms with Crippen LogP contribution in [0, 0.1) is 0 Å². The standard InChI is InChI=1S/C46H28N4/c1-2-13-33(14-3-1)49-39-18-7-17-36-38(32-12-8-22-47-27-32)26-42-46(44(36)39)45-41(49)25-37(31-21-20-29-10-4-5-11-30(29)24-31)35-16-6-19-40(43(35)45)50(42)34-15-9-23-48-28-34/h1-28H. The summed E-state index contributed by atoms with van der Waals surface area (Å²) in [7, 11) is 0. The van der Waals surface area contributed by atoms with Crippen molar-refractivity contribution in [2.45, 2.75) is 0 Å². The molecule has 9 aromatic rings. The third kappa shape index (κ3) is 3.76. The number of hydrogen-bond donors (Lipinski definition) is 0. The zero-order chi connectivity index (χ0) is 32.8. The molecule has 0 spiro atoms. The van der Waals surface area contributed by atoms with Gasteiger partial charge in [0.05, 0.1) is 34.0 Å². The molecule has 2 aliphatic heterocycles. The van der Waals surface area contributed by atoms with Crippen LogP contribution in [0.4, 0.5) is 0 Å². The molecule has 2 aromatic heterocycles. The van der Waals surface area contributed by atoms with E-state index in [-0.39, 0.29) is 0 Å². The van der Waals surface area contributed by atoms with Gasteiger partial charge < -0.3 is 9.13 Å². The van der Waals surface area contributed by atoms with Gasteiger partial charge in [-0.25, -0.2) is 0 Å². The van der Waals surface area contributed by atoms with Gasteiger partial charge in [0, 0.05) is 51.7 Å². The van der Waals surface area contributed by atoms with Crippen molar-refractivity contribution in [2.24, 2.45) is 0 Å². The fourth-order valence-electron chi connectivity index (χ4n) is 8.35. The lowest BCUT2D eigenvalue weighted by Gasteiger charge is -2.30. The lowest BCUT2D eigenvalue weighted by molar-refractivity contribution is 1.12. The maximum atomic E-state index is 4.61. The Balaban J connectivity index is 1.43. The Kier molecular flexibility index (Phi) is 5.63. The smallest absolute Gasteiger partial charge is 0.0645 e. The van der Waals surface area contributed by atoms with E-state index in [0.717, 1.165) is 39.1 Å². The second-order valence-corrected chi connectivity index (χ2v) is 13.1. The van der Waals surface area contributed by atoms with Gasteiger partial charge in [-0.2, -0.15) is 0 Å². The summed E-state index contributed by atoms with van der Waals surface area (Å²) in [5.41, 5.74) is 14.0. The fraction of sp³-hybridized carbons (Fsp3) is 0. The molecular weight excluding hydrogens is 609 g/mol. The van der Waals surface area contributed by atoms with E-state index in [4.69, 9.17) is 0 Å². The first-order valence-electron chi connectivity index (χ1n) is 17.0. The molecule has 4 heteroatoms. The molecule has 0 atom stereocenters. The normalized spacial score (nSPS) is 12.0. The van der Waals surface area contributed by atoms with Crippen molar-refractivity contribution in [3.8, 4) is 44.8 Å². The number of benzene rings is 7. The SMILES string of the molecule is c1ccc(-n2c3cc(-c4ccc5ccccc5c4)c4cccc5c4c3-c3c4c(cccc42)c(-c2cccnc2)cc3n5-c2cccnc2)cc1. The summed E-state index contributed by atoms with van der Waals surface area (Å²) in [5.74, 6) is 0. The van der Waals surface area contributed by atoms with Gasteiger partial charge in [0.2, 0.25) is 0 Å². The molecule has 0 fully saturated rings. The van der Waals surface area contributed by atoms with Crippen molar-refractivity contribution in [1.82, 2.24) is 19.1 Å². The highest BCUT2D eigenvalue weighted by molar-refractivity contribution is 6.30. The minimum Gasteiger partial charge on any atom is -0.309 e. The van der Waals surface area contributed by atoms with Crippen LogP contribution in [0.25, 0.3) is 99.1 Å². The van der Waals surface area contributed by atoms with E-state index in [9.17, 15) is 0 Å². The quantitative estimate of drug-likeness (QED) is 0.142. The summed E-state index contributed by atoms with van der Waals surface area (Å²) >= 11 is 0. The Hall–Kier alpha value is -6.78. The van der Waals surface area contributed by atoms with Crippen molar-refractivity contribution >= 4 is 54.4 Å². The van der Waals surface area contributed by atoms with E-state index in [2.05, 4.69) is 153 Å². The summed E-state index contributed by atoms with van der Waals surface area (Å²) < 4.78 is 4.89. The van der Waals surface area contributed by atoms with Crippen molar-refractivity contribution in [3.05, 3.63) is 170 Å². The van der Waals surface area contributed by atoms with Gasteiger partial charge >= 0.3 is 0 Å². The average molecular weight is 637 g/mol.